The molecule has 0 saturated heterocycles. The zero-order valence-electron chi connectivity index (χ0n) is 12.4. The van der Waals surface area contributed by atoms with Crippen LogP contribution in [0.4, 0.5) is 0 Å². The molecule has 112 valence electrons. The van der Waals surface area contributed by atoms with Crippen molar-refractivity contribution in [2.45, 2.75) is 6.42 Å². The molecule has 0 spiro atoms. The molecule has 1 aliphatic heterocycles. The number of carbonyl (C=O) groups is 2. The molecule has 2 aromatic carbocycles. The summed E-state index contributed by atoms with van der Waals surface area (Å²) in [5, 5.41) is 8.75. The first kappa shape index (κ1) is 14.7. The molecular weight excluding hydrogens is 288 g/mol. The van der Waals surface area contributed by atoms with Crippen molar-refractivity contribution < 1.29 is 9.59 Å². The van der Waals surface area contributed by atoms with Gasteiger partial charge in [-0.05, 0) is 36.2 Å². The molecule has 0 aliphatic carbocycles. The maximum atomic E-state index is 12.2. The Morgan fingerprint density at radius 1 is 0.957 bits per heavy atom. The van der Waals surface area contributed by atoms with E-state index in [0.717, 1.165) is 5.56 Å². The van der Waals surface area contributed by atoms with E-state index in [-0.39, 0.29) is 11.8 Å². The highest BCUT2D eigenvalue weighted by molar-refractivity contribution is 6.21. The number of imide groups is 1. The lowest BCUT2D eigenvalue weighted by Gasteiger charge is -2.11. The van der Waals surface area contributed by atoms with Gasteiger partial charge in [0.2, 0.25) is 0 Å². The van der Waals surface area contributed by atoms with Crippen LogP contribution in [-0.2, 0) is 0 Å². The summed E-state index contributed by atoms with van der Waals surface area (Å²) in [6.45, 7) is 0.360. The molecule has 0 fully saturated rings. The molecule has 0 N–H and O–H groups in total. The molecule has 23 heavy (non-hydrogen) atoms. The Kier molecular flexibility index (Phi) is 4.03. The lowest BCUT2D eigenvalue weighted by atomic mass is 10.1. The minimum absolute atomic E-state index is 0.225. The van der Waals surface area contributed by atoms with Crippen LogP contribution in [0.2, 0.25) is 0 Å². The summed E-state index contributed by atoms with van der Waals surface area (Å²) in [4.78, 5) is 25.7. The van der Waals surface area contributed by atoms with Gasteiger partial charge in [-0.1, -0.05) is 36.4 Å². The van der Waals surface area contributed by atoms with Crippen LogP contribution in [0.25, 0.3) is 6.08 Å². The third kappa shape index (κ3) is 2.90. The van der Waals surface area contributed by atoms with Gasteiger partial charge in [-0.3, -0.25) is 14.5 Å². The number of fused-ring (bicyclic) bond motifs is 1. The van der Waals surface area contributed by atoms with Crippen LogP contribution in [0, 0.1) is 11.3 Å². The highest BCUT2D eigenvalue weighted by atomic mass is 16.2. The molecule has 1 aliphatic rings. The van der Waals surface area contributed by atoms with Gasteiger partial charge < -0.3 is 0 Å². The number of nitriles is 1. The predicted molar refractivity (Wildman–Crippen MR) is 86.6 cm³/mol. The van der Waals surface area contributed by atoms with Gasteiger partial charge in [-0.25, -0.2) is 0 Å². The van der Waals surface area contributed by atoms with E-state index >= 15 is 0 Å². The highest BCUT2D eigenvalue weighted by Crippen LogP contribution is 2.22. The van der Waals surface area contributed by atoms with Gasteiger partial charge in [0.25, 0.3) is 11.8 Å². The fraction of sp³-hybridized carbons (Fsp3) is 0.105. The Morgan fingerprint density at radius 3 is 2.13 bits per heavy atom. The van der Waals surface area contributed by atoms with Crippen molar-refractivity contribution in [3.63, 3.8) is 0 Å². The fourth-order valence-electron chi connectivity index (χ4n) is 2.53. The van der Waals surface area contributed by atoms with E-state index in [4.69, 9.17) is 5.26 Å². The van der Waals surface area contributed by atoms with E-state index in [2.05, 4.69) is 6.07 Å². The summed E-state index contributed by atoms with van der Waals surface area (Å²) in [5.41, 5.74) is 2.56. The fourth-order valence-corrected chi connectivity index (χ4v) is 2.53. The first-order chi connectivity index (χ1) is 11.2. The van der Waals surface area contributed by atoms with Crippen molar-refractivity contribution in [2.75, 3.05) is 6.54 Å². The molecule has 0 bridgehead atoms. The molecule has 4 nitrogen and oxygen atoms in total. The first-order valence-corrected chi connectivity index (χ1v) is 7.32. The highest BCUT2D eigenvalue weighted by Gasteiger charge is 2.34. The van der Waals surface area contributed by atoms with E-state index in [1.54, 1.807) is 36.4 Å². The zero-order valence-corrected chi connectivity index (χ0v) is 12.4. The number of benzene rings is 2. The second-order valence-corrected chi connectivity index (χ2v) is 5.23. The molecule has 2 aromatic rings. The van der Waals surface area contributed by atoms with Gasteiger partial charge in [0, 0.05) is 6.54 Å². The molecule has 0 saturated carbocycles. The van der Waals surface area contributed by atoms with E-state index in [1.165, 1.54) is 4.90 Å². The predicted octanol–water partition coefficient (Wildman–Crippen LogP) is 3.26. The van der Waals surface area contributed by atoms with E-state index in [1.807, 2.05) is 24.3 Å². The van der Waals surface area contributed by atoms with E-state index in [0.29, 0.717) is 29.7 Å². The third-order valence-electron chi connectivity index (χ3n) is 3.75. The Labute approximate surface area is 134 Å². The van der Waals surface area contributed by atoms with Crippen LogP contribution in [-0.4, -0.2) is 23.3 Å². The largest absolute Gasteiger partial charge is 0.274 e. The standard InChI is InChI=1S/C19H14N2O2/c20-13-15-10-8-14(9-11-15)5-3-4-12-21-18(22)16-6-1-2-7-17(16)19(21)23/h1-3,5-11H,4,12H2/b5-3+. The topological polar surface area (TPSA) is 61.2 Å². The zero-order chi connectivity index (χ0) is 16.2. The Hall–Kier alpha value is -3.19. The summed E-state index contributed by atoms with van der Waals surface area (Å²) in [7, 11) is 0. The maximum Gasteiger partial charge on any atom is 0.261 e. The monoisotopic (exact) mass is 302 g/mol. The van der Waals surface area contributed by atoms with Crippen molar-refractivity contribution in [3.05, 3.63) is 76.9 Å². The van der Waals surface area contributed by atoms with Crippen LogP contribution in [0.5, 0.6) is 0 Å². The van der Waals surface area contributed by atoms with Gasteiger partial charge in [-0.15, -0.1) is 0 Å². The Bertz CT molecular complexity index is 794. The number of amides is 2. The third-order valence-corrected chi connectivity index (χ3v) is 3.75. The average Bonchev–Trinajstić information content (AvgIpc) is 2.84. The van der Waals surface area contributed by atoms with Crippen LogP contribution in [0.1, 0.15) is 38.3 Å². The normalized spacial score (nSPS) is 13.4. The number of rotatable bonds is 4. The molecule has 2 amide bonds. The summed E-state index contributed by atoms with van der Waals surface area (Å²) in [6, 6.07) is 16.2. The Balaban J connectivity index is 1.61. The lowest BCUT2D eigenvalue weighted by molar-refractivity contribution is 0.0657. The van der Waals surface area contributed by atoms with Crippen molar-refractivity contribution in [2.24, 2.45) is 0 Å². The molecular formula is C19H14N2O2. The molecule has 0 aromatic heterocycles. The number of hydrogen-bond acceptors (Lipinski definition) is 3. The average molecular weight is 302 g/mol. The molecule has 1 heterocycles. The van der Waals surface area contributed by atoms with Crippen LogP contribution >= 0.6 is 0 Å². The molecule has 3 rings (SSSR count). The SMILES string of the molecule is N#Cc1ccc(/C=C/CCN2C(=O)c3ccccc3C2=O)cc1. The van der Waals surface area contributed by atoms with Crippen molar-refractivity contribution in [1.82, 2.24) is 4.90 Å². The summed E-state index contributed by atoms with van der Waals surface area (Å²) >= 11 is 0. The Morgan fingerprint density at radius 2 is 1.57 bits per heavy atom. The number of hydrogen-bond donors (Lipinski definition) is 0. The summed E-state index contributed by atoms with van der Waals surface area (Å²) in [6.07, 6.45) is 4.43. The van der Waals surface area contributed by atoms with Gasteiger partial charge in [0.15, 0.2) is 0 Å². The summed E-state index contributed by atoms with van der Waals surface area (Å²) in [5.74, 6) is -0.449. The molecule has 0 radical (unpaired) electrons. The minimum Gasteiger partial charge on any atom is -0.274 e. The van der Waals surface area contributed by atoms with Crippen molar-refractivity contribution in [1.29, 1.82) is 5.26 Å². The van der Waals surface area contributed by atoms with Crippen molar-refractivity contribution >= 4 is 17.9 Å². The van der Waals surface area contributed by atoms with Crippen molar-refractivity contribution in [3.8, 4) is 6.07 Å². The summed E-state index contributed by atoms with van der Waals surface area (Å²) < 4.78 is 0. The van der Waals surface area contributed by atoms with Gasteiger partial charge in [-0.2, -0.15) is 5.26 Å². The van der Waals surface area contributed by atoms with Gasteiger partial charge in [0.05, 0.1) is 22.8 Å². The maximum absolute atomic E-state index is 12.2. The van der Waals surface area contributed by atoms with Gasteiger partial charge >= 0.3 is 0 Å². The lowest BCUT2D eigenvalue weighted by Crippen LogP contribution is -2.30. The smallest absolute Gasteiger partial charge is 0.261 e. The number of nitrogens with zero attached hydrogens (tertiary/aromatic N) is 2. The minimum atomic E-state index is -0.225. The molecule has 0 atom stereocenters. The molecule has 4 heteroatoms. The number of carbonyl (C=O) groups excluding carboxylic acids is 2. The second kappa shape index (κ2) is 6.29. The van der Waals surface area contributed by atoms with Crippen LogP contribution < -0.4 is 0 Å². The van der Waals surface area contributed by atoms with Crippen LogP contribution in [0.3, 0.4) is 0 Å². The van der Waals surface area contributed by atoms with E-state index in [9.17, 15) is 9.59 Å². The van der Waals surface area contributed by atoms with E-state index < -0.39 is 0 Å². The van der Waals surface area contributed by atoms with Gasteiger partial charge in [0.1, 0.15) is 0 Å². The molecule has 0 unspecified atom stereocenters. The quantitative estimate of drug-likeness (QED) is 0.814. The first-order valence-electron chi connectivity index (χ1n) is 7.32. The van der Waals surface area contributed by atoms with Crippen LogP contribution in [0.15, 0.2) is 54.6 Å². The second-order valence-electron chi connectivity index (χ2n) is 5.23.